The van der Waals surface area contributed by atoms with Crippen LogP contribution in [0.5, 0.6) is 5.75 Å². The molecule has 9 nitrogen and oxygen atoms in total. The maximum atomic E-state index is 13.4. The molecule has 1 fully saturated rings. The minimum absolute atomic E-state index is 0.0770. The van der Waals surface area contributed by atoms with E-state index in [1.54, 1.807) is 23.1 Å². The van der Waals surface area contributed by atoms with E-state index in [2.05, 4.69) is 15.5 Å². The summed E-state index contributed by atoms with van der Waals surface area (Å²) in [6.07, 6.45) is 0.242. The van der Waals surface area contributed by atoms with Crippen molar-refractivity contribution in [3.05, 3.63) is 23.8 Å². The van der Waals surface area contributed by atoms with E-state index in [-0.39, 0.29) is 36.5 Å². The second kappa shape index (κ2) is 11.6. The van der Waals surface area contributed by atoms with Crippen LogP contribution in [-0.4, -0.2) is 98.5 Å². The van der Waals surface area contributed by atoms with Crippen LogP contribution in [0.2, 0.25) is 0 Å². The number of rotatable bonds is 8. The molecule has 0 radical (unpaired) electrons. The molecule has 1 saturated heterocycles. The number of fused-ring (bicyclic) bond motifs is 1. The minimum Gasteiger partial charge on any atom is -0.488 e. The zero-order valence-corrected chi connectivity index (χ0v) is 19.3. The van der Waals surface area contributed by atoms with Crippen LogP contribution in [0.15, 0.2) is 18.2 Å². The lowest BCUT2D eigenvalue weighted by Crippen LogP contribution is -2.49. The highest BCUT2D eigenvalue weighted by Crippen LogP contribution is 2.30. The zero-order valence-electron chi connectivity index (χ0n) is 19.3. The van der Waals surface area contributed by atoms with Crippen molar-refractivity contribution >= 4 is 17.5 Å². The van der Waals surface area contributed by atoms with Crippen molar-refractivity contribution in [1.82, 2.24) is 15.1 Å². The summed E-state index contributed by atoms with van der Waals surface area (Å²) in [5.74, 6) is 0.259. The van der Waals surface area contributed by atoms with E-state index in [0.717, 1.165) is 13.1 Å². The van der Waals surface area contributed by atoms with Crippen LogP contribution in [0.4, 0.5) is 5.69 Å². The van der Waals surface area contributed by atoms with Crippen LogP contribution in [0, 0.1) is 5.92 Å². The number of amides is 2. The summed E-state index contributed by atoms with van der Waals surface area (Å²) in [6.45, 7) is 8.61. The van der Waals surface area contributed by atoms with Crippen molar-refractivity contribution in [3.8, 4) is 5.75 Å². The first-order chi connectivity index (χ1) is 15.4. The van der Waals surface area contributed by atoms with E-state index >= 15 is 0 Å². The van der Waals surface area contributed by atoms with Crippen LogP contribution in [0.1, 0.15) is 30.6 Å². The quantitative estimate of drug-likeness (QED) is 0.540. The van der Waals surface area contributed by atoms with Crippen molar-refractivity contribution in [2.75, 3.05) is 64.9 Å². The van der Waals surface area contributed by atoms with Crippen molar-refractivity contribution in [1.29, 1.82) is 0 Å². The number of anilines is 1. The van der Waals surface area contributed by atoms with E-state index in [1.165, 1.54) is 0 Å². The number of nitrogens with zero attached hydrogens (tertiary/aromatic N) is 2. The Morgan fingerprint density at radius 3 is 2.75 bits per heavy atom. The predicted octanol–water partition coefficient (Wildman–Crippen LogP) is 0.787. The molecule has 178 valence electrons. The molecule has 32 heavy (non-hydrogen) atoms. The standard InChI is InChI=1S/C23H36N4O5/c1-16-14-27(17(2)15-28)23(30)19-12-18(4-5-20(19)32-21(16)13-24-3)25-22(29)6-7-26-8-10-31-11-9-26/h4-5,12,16-17,21,24,28H,6-11,13-15H2,1-3H3,(H,25,29)/t16-,17-,21+/m0/s1. The Morgan fingerprint density at radius 1 is 1.31 bits per heavy atom. The van der Waals surface area contributed by atoms with Crippen LogP contribution < -0.4 is 15.4 Å². The number of aliphatic hydroxyl groups is 1. The number of carbonyl (C=O) groups excluding carboxylic acids is 2. The molecule has 0 aromatic heterocycles. The topological polar surface area (TPSA) is 103 Å². The third-order valence-corrected chi connectivity index (χ3v) is 6.11. The monoisotopic (exact) mass is 448 g/mol. The number of benzene rings is 1. The molecule has 0 bridgehead atoms. The molecule has 2 aliphatic heterocycles. The van der Waals surface area contributed by atoms with Gasteiger partial charge in [0.15, 0.2) is 0 Å². The van der Waals surface area contributed by atoms with Gasteiger partial charge in [0.2, 0.25) is 5.91 Å². The molecule has 0 spiro atoms. The second-order valence-electron chi connectivity index (χ2n) is 8.64. The molecule has 9 heteroatoms. The fourth-order valence-electron chi connectivity index (χ4n) is 4.05. The van der Waals surface area contributed by atoms with Crippen molar-refractivity contribution in [2.45, 2.75) is 32.4 Å². The van der Waals surface area contributed by atoms with Gasteiger partial charge in [-0.1, -0.05) is 6.92 Å². The number of hydrogen-bond donors (Lipinski definition) is 3. The lowest BCUT2D eigenvalue weighted by molar-refractivity contribution is -0.116. The Balaban J connectivity index is 1.76. The number of aliphatic hydroxyl groups excluding tert-OH is 1. The van der Waals surface area contributed by atoms with Gasteiger partial charge in [-0.3, -0.25) is 14.5 Å². The largest absolute Gasteiger partial charge is 0.488 e. The summed E-state index contributed by atoms with van der Waals surface area (Å²) in [7, 11) is 1.87. The summed E-state index contributed by atoms with van der Waals surface area (Å²) >= 11 is 0. The average molecular weight is 449 g/mol. The van der Waals surface area contributed by atoms with Crippen LogP contribution in [-0.2, 0) is 9.53 Å². The molecule has 3 rings (SSSR count). The van der Waals surface area contributed by atoms with Crippen molar-refractivity contribution in [3.63, 3.8) is 0 Å². The molecular weight excluding hydrogens is 412 g/mol. The lowest BCUT2D eigenvalue weighted by atomic mass is 9.99. The normalized spacial score (nSPS) is 23.0. The number of likely N-dealkylation sites (N-methyl/N-ethyl adjacent to an activating group) is 1. The highest BCUT2D eigenvalue weighted by Gasteiger charge is 2.32. The predicted molar refractivity (Wildman–Crippen MR) is 122 cm³/mol. The minimum atomic E-state index is -0.321. The van der Waals surface area contributed by atoms with Crippen molar-refractivity contribution < 1.29 is 24.2 Å². The Labute approximate surface area is 190 Å². The highest BCUT2D eigenvalue weighted by molar-refractivity contribution is 5.99. The first kappa shape index (κ1) is 24.4. The van der Waals surface area contributed by atoms with E-state index in [1.807, 2.05) is 20.9 Å². The van der Waals surface area contributed by atoms with Gasteiger partial charge in [-0.05, 0) is 32.2 Å². The lowest BCUT2D eigenvalue weighted by Gasteiger charge is -2.37. The summed E-state index contributed by atoms with van der Waals surface area (Å²) in [5, 5.41) is 15.8. The molecule has 0 unspecified atom stereocenters. The van der Waals surface area contributed by atoms with Gasteiger partial charge < -0.3 is 30.1 Å². The second-order valence-corrected chi connectivity index (χ2v) is 8.64. The maximum Gasteiger partial charge on any atom is 0.258 e. The van der Waals surface area contributed by atoms with Crippen LogP contribution >= 0.6 is 0 Å². The molecule has 1 aromatic carbocycles. The van der Waals surface area contributed by atoms with Gasteiger partial charge in [0.05, 0.1) is 31.4 Å². The Kier molecular flexibility index (Phi) is 8.86. The number of morpholine rings is 1. The van der Waals surface area contributed by atoms with Gasteiger partial charge in [-0.15, -0.1) is 0 Å². The molecule has 0 aliphatic carbocycles. The maximum absolute atomic E-state index is 13.4. The van der Waals surface area contributed by atoms with Gasteiger partial charge in [0.25, 0.3) is 5.91 Å². The fraction of sp³-hybridized carbons (Fsp3) is 0.652. The van der Waals surface area contributed by atoms with E-state index in [4.69, 9.17) is 9.47 Å². The Morgan fingerprint density at radius 2 is 2.06 bits per heavy atom. The number of carbonyl (C=O) groups is 2. The average Bonchev–Trinajstić information content (AvgIpc) is 2.80. The first-order valence-corrected chi connectivity index (χ1v) is 11.4. The SMILES string of the molecule is CNC[C@H]1Oc2ccc(NC(=O)CCN3CCOCC3)cc2C(=O)N([C@@H](C)CO)C[C@@H]1C. The van der Waals surface area contributed by atoms with E-state index in [0.29, 0.717) is 56.3 Å². The van der Waals surface area contributed by atoms with Gasteiger partial charge in [-0.2, -0.15) is 0 Å². The van der Waals surface area contributed by atoms with Crippen LogP contribution in [0.3, 0.4) is 0 Å². The van der Waals surface area contributed by atoms with Gasteiger partial charge >= 0.3 is 0 Å². The summed E-state index contributed by atoms with van der Waals surface area (Å²) in [5.41, 5.74) is 0.951. The number of ether oxygens (including phenoxy) is 2. The van der Waals surface area contributed by atoms with Crippen LogP contribution in [0.25, 0.3) is 0 Å². The van der Waals surface area contributed by atoms with Crippen molar-refractivity contribution in [2.24, 2.45) is 5.92 Å². The molecule has 2 heterocycles. The molecule has 3 atom stereocenters. The molecule has 1 aromatic rings. The molecule has 0 saturated carbocycles. The number of nitrogens with one attached hydrogen (secondary N) is 2. The third kappa shape index (κ3) is 6.19. The zero-order chi connectivity index (χ0) is 23.1. The number of hydrogen-bond acceptors (Lipinski definition) is 7. The Bertz CT molecular complexity index is 784. The van der Waals surface area contributed by atoms with E-state index in [9.17, 15) is 14.7 Å². The third-order valence-electron chi connectivity index (χ3n) is 6.11. The van der Waals surface area contributed by atoms with Gasteiger partial charge in [0.1, 0.15) is 11.9 Å². The summed E-state index contributed by atoms with van der Waals surface area (Å²) < 4.78 is 11.5. The van der Waals surface area contributed by atoms with Gasteiger partial charge in [0, 0.05) is 50.7 Å². The first-order valence-electron chi connectivity index (χ1n) is 11.4. The molecular formula is C23H36N4O5. The fourth-order valence-corrected chi connectivity index (χ4v) is 4.05. The summed E-state index contributed by atoms with van der Waals surface area (Å²) in [4.78, 5) is 29.7. The van der Waals surface area contributed by atoms with E-state index < -0.39 is 0 Å². The molecule has 2 aliphatic rings. The summed E-state index contributed by atoms with van der Waals surface area (Å²) in [6, 6.07) is 4.86. The smallest absolute Gasteiger partial charge is 0.258 e. The highest BCUT2D eigenvalue weighted by atomic mass is 16.5. The van der Waals surface area contributed by atoms with Gasteiger partial charge in [-0.25, -0.2) is 0 Å². The molecule has 3 N–H and O–H groups in total. The molecule has 2 amide bonds. The Hall–Kier alpha value is -2.20.